The van der Waals surface area contributed by atoms with Crippen molar-refractivity contribution in [1.82, 2.24) is 4.90 Å². The van der Waals surface area contributed by atoms with E-state index in [4.69, 9.17) is 9.47 Å². The van der Waals surface area contributed by atoms with Gasteiger partial charge >= 0.3 is 0 Å². The zero-order valence-electron chi connectivity index (χ0n) is 12.9. The lowest BCUT2D eigenvalue weighted by atomic mass is 10.1. The molecular weight excluding hydrogens is 274 g/mol. The molecule has 0 bridgehead atoms. The van der Waals surface area contributed by atoms with Gasteiger partial charge in [0.25, 0.3) is 0 Å². The maximum Gasteiger partial charge on any atom is 0.159 e. The normalized spacial score (nSPS) is 15.5. The van der Waals surface area contributed by atoms with Crippen molar-refractivity contribution in [3.63, 3.8) is 0 Å². The minimum absolute atomic E-state index is 0.0333. The van der Waals surface area contributed by atoms with Crippen molar-refractivity contribution in [3.05, 3.63) is 71.8 Å². The Morgan fingerprint density at radius 3 is 1.77 bits per heavy atom. The van der Waals surface area contributed by atoms with E-state index >= 15 is 0 Å². The van der Waals surface area contributed by atoms with Gasteiger partial charge in [0.1, 0.15) is 0 Å². The third kappa shape index (κ3) is 4.67. The van der Waals surface area contributed by atoms with Crippen LogP contribution in [0.2, 0.25) is 0 Å². The molecule has 0 atom stereocenters. The molecule has 0 unspecified atom stereocenters. The Balaban J connectivity index is 1.61. The van der Waals surface area contributed by atoms with Gasteiger partial charge < -0.3 is 9.47 Å². The van der Waals surface area contributed by atoms with Crippen molar-refractivity contribution in [3.8, 4) is 0 Å². The lowest BCUT2D eigenvalue weighted by molar-refractivity contribution is -0.0523. The molecule has 1 saturated heterocycles. The number of ether oxygens (including phenoxy) is 2. The number of nitrogens with zero attached hydrogens (tertiary/aromatic N) is 1. The number of hydrogen-bond donors (Lipinski definition) is 0. The summed E-state index contributed by atoms with van der Waals surface area (Å²) < 4.78 is 11.1. The fourth-order valence-corrected chi connectivity index (χ4v) is 2.76. The molecule has 116 valence electrons. The molecule has 2 aromatic rings. The molecular formula is C19H23NO2. The van der Waals surface area contributed by atoms with Gasteiger partial charge in [0.15, 0.2) is 6.29 Å². The lowest BCUT2D eigenvalue weighted by Gasteiger charge is -2.23. The predicted octanol–water partition coefficient (Wildman–Crippen LogP) is 3.45. The lowest BCUT2D eigenvalue weighted by Crippen LogP contribution is -2.27. The smallest absolute Gasteiger partial charge is 0.159 e. The summed E-state index contributed by atoms with van der Waals surface area (Å²) in [6, 6.07) is 21.2. The Kier molecular flexibility index (Phi) is 5.59. The highest BCUT2D eigenvalue weighted by atomic mass is 16.7. The molecule has 0 N–H and O–H groups in total. The van der Waals surface area contributed by atoms with Crippen LogP contribution in [0.1, 0.15) is 17.5 Å². The monoisotopic (exact) mass is 297 g/mol. The second-order valence-electron chi connectivity index (χ2n) is 5.64. The van der Waals surface area contributed by atoms with E-state index in [1.165, 1.54) is 11.1 Å². The highest BCUT2D eigenvalue weighted by molar-refractivity contribution is 5.17. The fraction of sp³-hybridized carbons (Fsp3) is 0.368. The van der Waals surface area contributed by atoms with E-state index < -0.39 is 0 Å². The molecule has 2 aromatic carbocycles. The minimum Gasteiger partial charge on any atom is -0.350 e. The summed E-state index contributed by atoms with van der Waals surface area (Å²) >= 11 is 0. The Bertz CT molecular complexity index is 496. The molecule has 0 spiro atoms. The summed E-state index contributed by atoms with van der Waals surface area (Å²) in [5.74, 6) is 0. The molecule has 3 heteroatoms. The van der Waals surface area contributed by atoms with E-state index in [1.54, 1.807) is 0 Å². The first-order valence-electron chi connectivity index (χ1n) is 7.93. The van der Waals surface area contributed by atoms with Crippen molar-refractivity contribution in [2.75, 3.05) is 19.8 Å². The zero-order chi connectivity index (χ0) is 15.0. The first-order chi connectivity index (χ1) is 10.9. The van der Waals surface area contributed by atoms with Gasteiger partial charge in [-0.15, -0.1) is 0 Å². The number of benzene rings is 2. The molecule has 0 amide bonds. The standard InChI is InChI=1S/C19H23NO2/c1-3-7-17(8-4-1)15-20(12-11-19-21-13-14-22-19)16-18-9-5-2-6-10-18/h1-10,19H,11-16H2. The Hall–Kier alpha value is -1.68. The summed E-state index contributed by atoms with van der Waals surface area (Å²) in [7, 11) is 0. The third-order valence-electron chi connectivity index (χ3n) is 3.87. The Morgan fingerprint density at radius 2 is 1.27 bits per heavy atom. The van der Waals surface area contributed by atoms with Gasteiger partial charge in [-0.25, -0.2) is 0 Å². The molecule has 1 fully saturated rings. The first-order valence-corrected chi connectivity index (χ1v) is 7.93. The molecule has 3 rings (SSSR count). The quantitative estimate of drug-likeness (QED) is 0.781. The average Bonchev–Trinajstić information content (AvgIpc) is 3.08. The van der Waals surface area contributed by atoms with E-state index in [-0.39, 0.29) is 6.29 Å². The SMILES string of the molecule is c1ccc(CN(CCC2OCCO2)Cc2ccccc2)cc1. The Morgan fingerprint density at radius 1 is 0.773 bits per heavy atom. The topological polar surface area (TPSA) is 21.7 Å². The maximum absolute atomic E-state index is 5.55. The van der Waals surface area contributed by atoms with Crippen LogP contribution in [0.15, 0.2) is 60.7 Å². The molecule has 1 aliphatic heterocycles. The van der Waals surface area contributed by atoms with Crippen molar-refractivity contribution >= 4 is 0 Å². The molecule has 22 heavy (non-hydrogen) atoms. The van der Waals surface area contributed by atoms with Crippen LogP contribution in [0.25, 0.3) is 0 Å². The van der Waals surface area contributed by atoms with Gasteiger partial charge in [0.05, 0.1) is 13.2 Å². The van der Waals surface area contributed by atoms with Crippen LogP contribution in [0.5, 0.6) is 0 Å². The van der Waals surface area contributed by atoms with Gasteiger partial charge in [-0.3, -0.25) is 4.90 Å². The van der Waals surface area contributed by atoms with Gasteiger partial charge in [-0.05, 0) is 11.1 Å². The van der Waals surface area contributed by atoms with E-state index in [1.807, 2.05) is 0 Å². The van der Waals surface area contributed by atoms with Crippen LogP contribution in [-0.4, -0.2) is 30.9 Å². The van der Waals surface area contributed by atoms with Gasteiger partial charge in [0, 0.05) is 26.1 Å². The van der Waals surface area contributed by atoms with Crippen LogP contribution in [-0.2, 0) is 22.6 Å². The summed E-state index contributed by atoms with van der Waals surface area (Å²) in [6.45, 7) is 4.31. The van der Waals surface area contributed by atoms with Gasteiger partial charge in [-0.1, -0.05) is 60.7 Å². The minimum atomic E-state index is -0.0333. The fourth-order valence-electron chi connectivity index (χ4n) is 2.76. The van der Waals surface area contributed by atoms with Crippen molar-refractivity contribution in [2.24, 2.45) is 0 Å². The molecule has 0 radical (unpaired) electrons. The number of hydrogen-bond acceptors (Lipinski definition) is 3. The zero-order valence-corrected chi connectivity index (χ0v) is 12.9. The first kappa shape index (κ1) is 15.2. The van der Waals surface area contributed by atoms with E-state index in [2.05, 4.69) is 65.6 Å². The highest BCUT2D eigenvalue weighted by Crippen LogP contribution is 2.14. The Labute approximate surface area is 132 Å². The molecule has 0 saturated carbocycles. The average molecular weight is 297 g/mol. The van der Waals surface area contributed by atoms with Gasteiger partial charge in [-0.2, -0.15) is 0 Å². The second-order valence-corrected chi connectivity index (χ2v) is 5.64. The van der Waals surface area contributed by atoms with Crippen LogP contribution in [0, 0.1) is 0 Å². The van der Waals surface area contributed by atoms with Gasteiger partial charge in [0.2, 0.25) is 0 Å². The van der Waals surface area contributed by atoms with Crippen LogP contribution < -0.4 is 0 Å². The van der Waals surface area contributed by atoms with Crippen molar-refractivity contribution in [2.45, 2.75) is 25.8 Å². The maximum atomic E-state index is 5.55. The van der Waals surface area contributed by atoms with Crippen LogP contribution in [0.4, 0.5) is 0 Å². The largest absolute Gasteiger partial charge is 0.350 e. The van der Waals surface area contributed by atoms with E-state index in [9.17, 15) is 0 Å². The highest BCUT2D eigenvalue weighted by Gasteiger charge is 2.17. The van der Waals surface area contributed by atoms with Crippen molar-refractivity contribution < 1.29 is 9.47 Å². The van der Waals surface area contributed by atoms with Crippen LogP contribution >= 0.6 is 0 Å². The van der Waals surface area contributed by atoms with Crippen LogP contribution in [0.3, 0.4) is 0 Å². The summed E-state index contributed by atoms with van der Waals surface area (Å²) in [5.41, 5.74) is 2.68. The molecule has 3 nitrogen and oxygen atoms in total. The summed E-state index contributed by atoms with van der Waals surface area (Å²) in [5, 5.41) is 0. The van der Waals surface area contributed by atoms with E-state index in [0.717, 1.165) is 39.3 Å². The van der Waals surface area contributed by atoms with Crippen molar-refractivity contribution in [1.29, 1.82) is 0 Å². The molecule has 1 heterocycles. The second kappa shape index (κ2) is 8.08. The molecule has 1 aliphatic rings. The predicted molar refractivity (Wildman–Crippen MR) is 87.3 cm³/mol. The number of rotatable bonds is 7. The molecule has 0 aromatic heterocycles. The summed E-state index contributed by atoms with van der Waals surface area (Å²) in [6.07, 6.45) is 0.883. The third-order valence-corrected chi connectivity index (χ3v) is 3.87. The summed E-state index contributed by atoms with van der Waals surface area (Å²) in [4.78, 5) is 2.45. The molecule has 0 aliphatic carbocycles. The van der Waals surface area contributed by atoms with E-state index in [0.29, 0.717) is 0 Å².